The summed E-state index contributed by atoms with van der Waals surface area (Å²) in [5.41, 5.74) is 0.661. The molecule has 0 unspecified atom stereocenters. The Bertz CT molecular complexity index is 615. The Kier molecular flexibility index (Phi) is 5.21. The average Bonchev–Trinajstić information content (AvgIpc) is 2.94. The summed E-state index contributed by atoms with van der Waals surface area (Å²) in [6.07, 6.45) is 1.66. The first-order valence-electron chi connectivity index (χ1n) is 6.64. The number of aryl methyl sites for hydroxylation is 1. The molecule has 1 amide bonds. The van der Waals surface area contributed by atoms with Crippen molar-refractivity contribution in [3.8, 4) is 5.75 Å². The molecule has 21 heavy (non-hydrogen) atoms. The maximum Gasteiger partial charge on any atom is 0.237 e. The van der Waals surface area contributed by atoms with Gasteiger partial charge in [-0.1, -0.05) is 23.9 Å². The number of benzene rings is 1. The molecule has 1 atom stereocenters. The zero-order chi connectivity index (χ0) is 15.2. The van der Waals surface area contributed by atoms with Gasteiger partial charge in [-0.05, 0) is 26.0 Å². The summed E-state index contributed by atoms with van der Waals surface area (Å²) in [5, 5.41) is 11.2. The molecular formula is C14H18N4O2S. The fourth-order valence-electron chi connectivity index (χ4n) is 1.75. The van der Waals surface area contributed by atoms with Crippen LogP contribution in [-0.2, 0) is 11.3 Å². The van der Waals surface area contributed by atoms with Crippen LogP contribution in [0.4, 0.5) is 5.69 Å². The van der Waals surface area contributed by atoms with Gasteiger partial charge in [0.15, 0.2) is 5.16 Å². The van der Waals surface area contributed by atoms with E-state index in [1.165, 1.54) is 11.8 Å². The Balaban J connectivity index is 2.03. The zero-order valence-electron chi connectivity index (χ0n) is 12.2. The Morgan fingerprint density at radius 3 is 2.95 bits per heavy atom. The first-order chi connectivity index (χ1) is 10.2. The van der Waals surface area contributed by atoms with Gasteiger partial charge in [-0.3, -0.25) is 4.79 Å². The molecule has 0 fully saturated rings. The SMILES string of the molecule is CCn1cnnc1S[C@H](C)C(=O)Nc1ccccc1OC. The average molecular weight is 306 g/mol. The van der Waals surface area contributed by atoms with E-state index >= 15 is 0 Å². The lowest BCUT2D eigenvalue weighted by Crippen LogP contribution is -2.23. The van der Waals surface area contributed by atoms with Gasteiger partial charge in [0, 0.05) is 6.54 Å². The van der Waals surface area contributed by atoms with Crippen LogP contribution >= 0.6 is 11.8 Å². The van der Waals surface area contributed by atoms with Gasteiger partial charge in [0.25, 0.3) is 0 Å². The van der Waals surface area contributed by atoms with Crippen LogP contribution in [0.25, 0.3) is 0 Å². The monoisotopic (exact) mass is 306 g/mol. The maximum atomic E-state index is 12.3. The Morgan fingerprint density at radius 1 is 1.48 bits per heavy atom. The quantitative estimate of drug-likeness (QED) is 0.830. The van der Waals surface area contributed by atoms with E-state index in [2.05, 4.69) is 15.5 Å². The van der Waals surface area contributed by atoms with Gasteiger partial charge in [-0.15, -0.1) is 10.2 Å². The number of hydrogen-bond acceptors (Lipinski definition) is 5. The molecule has 0 aliphatic rings. The smallest absolute Gasteiger partial charge is 0.237 e. The van der Waals surface area contributed by atoms with E-state index in [0.717, 1.165) is 11.7 Å². The van der Waals surface area contributed by atoms with Gasteiger partial charge in [-0.25, -0.2) is 0 Å². The van der Waals surface area contributed by atoms with E-state index in [1.54, 1.807) is 19.5 Å². The molecule has 0 bridgehead atoms. The second-order valence-corrected chi connectivity index (χ2v) is 5.66. The predicted molar refractivity (Wildman–Crippen MR) is 82.6 cm³/mol. The second kappa shape index (κ2) is 7.12. The van der Waals surface area contributed by atoms with E-state index in [4.69, 9.17) is 4.74 Å². The third-order valence-corrected chi connectivity index (χ3v) is 4.03. The molecule has 0 saturated carbocycles. The van der Waals surface area contributed by atoms with Crippen LogP contribution < -0.4 is 10.1 Å². The number of methoxy groups -OCH3 is 1. The normalized spacial score (nSPS) is 12.0. The summed E-state index contributed by atoms with van der Waals surface area (Å²) in [5.74, 6) is 0.537. The molecule has 0 radical (unpaired) electrons. The van der Waals surface area contributed by atoms with Crippen molar-refractivity contribution in [2.75, 3.05) is 12.4 Å². The molecule has 1 aromatic carbocycles. The number of rotatable bonds is 6. The van der Waals surface area contributed by atoms with Crippen molar-refractivity contribution in [3.05, 3.63) is 30.6 Å². The largest absolute Gasteiger partial charge is 0.495 e. The topological polar surface area (TPSA) is 69.0 Å². The number of nitrogens with zero attached hydrogens (tertiary/aromatic N) is 3. The number of carbonyl (C=O) groups excluding carboxylic acids is 1. The highest BCUT2D eigenvalue weighted by molar-refractivity contribution is 8.00. The molecule has 1 aromatic heterocycles. The van der Waals surface area contributed by atoms with Crippen LogP contribution in [-0.4, -0.2) is 33.0 Å². The summed E-state index contributed by atoms with van der Waals surface area (Å²) in [7, 11) is 1.58. The van der Waals surface area contributed by atoms with Gasteiger partial charge < -0.3 is 14.6 Å². The van der Waals surface area contributed by atoms with Crippen molar-refractivity contribution in [3.63, 3.8) is 0 Å². The van der Waals surface area contributed by atoms with Crippen LogP contribution in [0.3, 0.4) is 0 Å². The van der Waals surface area contributed by atoms with E-state index in [1.807, 2.05) is 36.6 Å². The van der Waals surface area contributed by atoms with Gasteiger partial charge in [0.05, 0.1) is 18.0 Å². The standard InChI is InChI=1S/C14H18N4O2S/c1-4-18-9-15-17-14(18)21-10(2)13(19)16-11-7-5-6-8-12(11)20-3/h5-10H,4H2,1-3H3,(H,16,19)/t10-/m1/s1. The predicted octanol–water partition coefficient (Wildman–Crippen LogP) is 2.43. The van der Waals surface area contributed by atoms with Crippen molar-refractivity contribution in [2.45, 2.75) is 30.8 Å². The number of thioether (sulfide) groups is 1. The highest BCUT2D eigenvalue weighted by Gasteiger charge is 2.18. The third-order valence-electron chi connectivity index (χ3n) is 2.94. The lowest BCUT2D eigenvalue weighted by atomic mass is 10.3. The van der Waals surface area contributed by atoms with Gasteiger partial charge in [0.1, 0.15) is 12.1 Å². The molecular weight excluding hydrogens is 288 g/mol. The zero-order valence-corrected chi connectivity index (χ0v) is 13.1. The number of nitrogens with one attached hydrogen (secondary N) is 1. The molecule has 0 spiro atoms. The van der Waals surface area contributed by atoms with Crippen LogP contribution in [0.5, 0.6) is 5.75 Å². The van der Waals surface area contributed by atoms with Gasteiger partial charge >= 0.3 is 0 Å². The number of carbonyl (C=O) groups is 1. The van der Waals surface area contributed by atoms with Crippen LogP contribution in [0, 0.1) is 0 Å². The first kappa shape index (κ1) is 15.4. The van der Waals surface area contributed by atoms with E-state index < -0.39 is 0 Å². The lowest BCUT2D eigenvalue weighted by Gasteiger charge is -2.13. The summed E-state index contributed by atoms with van der Waals surface area (Å²) < 4.78 is 7.12. The summed E-state index contributed by atoms with van der Waals surface area (Å²) in [4.78, 5) is 12.3. The summed E-state index contributed by atoms with van der Waals surface area (Å²) >= 11 is 1.38. The number of amides is 1. The number of aromatic nitrogens is 3. The molecule has 112 valence electrons. The van der Waals surface area contributed by atoms with Gasteiger partial charge in [0.2, 0.25) is 5.91 Å². The Labute approximate surface area is 127 Å². The van der Waals surface area contributed by atoms with Crippen molar-refractivity contribution in [1.29, 1.82) is 0 Å². The summed E-state index contributed by atoms with van der Waals surface area (Å²) in [6.45, 7) is 4.62. The highest BCUT2D eigenvalue weighted by atomic mass is 32.2. The number of para-hydroxylation sites is 2. The molecule has 0 aliphatic carbocycles. The van der Waals surface area contributed by atoms with Crippen LogP contribution in [0.15, 0.2) is 35.7 Å². The molecule has 2 rings (SSSR count). The molecule has 6 nitrogen and oxygen atoms in total. The molecule has 1 heterocycles. The minimum atomic E-state index is -0.288. The third kappa shape index (κ3) is 3.75. The maximum absolute atomic E-state index is 12.3. The molecule has 1 N–H and O–H groups in total. The number of hydrogen-bond donors (Lipinski definition) is 1. The number of anilines is 1. The summed E-state index contributed by atoms with van der Waals surface area (Å²) in [6, 6.07) is 7.32. The fourth-order valence-corrected chi connectivity index (χ4v) is 2.63. The number of ether oxygens (including phenoxy) is 1. The van der Waals surface area contributed by atoms with Crippen molar-refractivity contribution in [2.24, 2.45) is 0 Å². The van der Waals surface area contributed by atoms with Crippen molar-refractivity contribution in [1.82, 2.24) is 14.8 Å². The molecule has 2 aromatic rings. The van der Waals surface area contributed by atoms with Crippen LogP contribution in [0.2, 0.25) is 0 Å². The molecule has 0 saturated heterocycles. The molecule has 0 aliphatic heterocycles. The Hall–Kier alpha value is -2.02. The van der Waals surface area contributed by atoms with Crippen molar-refractivity contribution >= 4 is 23.4 Å². The Morgan fingerprint density at radius 2 is 2.24 bits per heavy atom. The van der Waals surface area contributed by atoms with E-state index in [0.29, 0.717) is 11.4 Å². The van der Waals surface area contributed by atoms with Gasteiger partial charge in [-0.2, -0.15) is 0 Å². The van der Waals surface area contributed by atoms with E-state index in [9.17, 15) is 4.79 Å². The highest BCUT2D eigenvalue weighted by Crippen LogP contribution is 2.26. The second-order valence-electron chi connectivity index (χ2n) is 4.35. The molecule has 7 heteroatoms. The minimum absolute atomic E-state index is 0.102. The van der Waals surface area contributed by atoms with Crippen molar-refractivity contribution < 1.29 is 9.53 Å². The first-order valence-corrected chi connectivity index (χ1v) is 7.52. The fraction of sp³-hybridized carbons (Fsp3) is 0.357. The van der Waals surface area contributed by atoms with Crippen LogP contribution in [0.1, 0.15) is 13.8 Å². The lowest BCUT2D eigenvalue weighted by molar-refractivity contribution is -0.115. The minimum Gasteiger partial charge on any atom is -0.495 e. The van der Waals surface area contributed by atoms with E-state index in [-0.39, 0.29) is 11.2 Å².